The summed E-state index contributed by atoms with van der Waals surface area (Å²) in [4.78, 5) is 14.0. The highest BCUT2D eigenvalue weighted by Gasteiger charge is 2.56. The molecule has 0 radical (unpaired) electrons. The molecule has 2 unspecified atom stereocenters. The Morgan fingerprint density at radius 1 is 1.13 bits per heavy atom. The Kier molecular flexibility index (Phi) is 2.23. The van der Waals surface area contributed by atoms with Crippen LogP contribution in [0.25, 0.3) is 0 Å². The number of hydrogen-bond acceptors (Lipinski definition) is 2. The highest BCUT2D eigenvalue weighted by molar-refractivity contribution is 5.82. The molecule has 15 heavy (non-hydrogen) atoms. The van der Waals surface area contributed by atoms with Crippen LogP contribution in [0, 0.1) is 17.8 Å². The van der Waals surface area contributed by atoms with Crippen molar-refractivity contribution in [1.82, 2.24) is 4.90 Å². The Hall–Kier alpha value is -0.570. The van der Waals surface area contributed by atoms with Crippen molar-refractivity contribution in [2.75, 3.05) is 13.1 Å². The summed E-state index contributed by atoms with van der Waals surface area (Å²) >= 11 is 0. The van der Waals surface area contributed by atoms with Crippen LogP contribution >= 0.6 is 0 Å². The van der Waals surface area contributed by atoms with E-state index in [0.717, 1.165) is 13.0 Å². The normalized spacial score (nSPS) is 43.9. The number of fused-ring (bicyclic) bond motifs is 1. The lowest BCUT2D eigenvalue weighted by molar-refractivity contribution is -0.132. The average Bonchev–Trinajstić information content (AvgIpc) is 2.82. The third-order valence-corrected chi connectivity index (χ3v) is 4.42. The van der Waals surface area contributed by atoms with Crippen molar-refractivity contribution in [3.8, 4) is 0 Å². The van der Waals surface area contributed by atoms with Crippen LogP contribution in [-0.2, 0) is 4.79 Å². The molecule has 1 N–H and O–H groups in total. The van der Waals surface area contributed by atoms with Crippen LogP contribution in [0.2, 0.25) is 0 Å². The fourth-order valence-corrected chi connectivity index (χ4v) is 3.51. The number of aliphatic hydroxyl groups is 1. The second kappa shape index (κ2) is 3.48. The second-order valence-corrected chi connectivity index (χ2v) is 5.36. The Bertz CT molecular complexity index is 267. The fourth-order valence-electron chi connectivity index (χ4n) is 3.51. The maximum atomic E-state index is 12.1. The monoisotopic (exact) mass is 209 g/mol. The van der Waals surface area contributed by atoms with Crippen LogP contribution in [0.4, 0.5) is 0 Å². The summed E-state index contributed by atoms with van der Waals surface area (Å²) < 4.78 is 0. The van der Waals surface area contributed by atoms with Gasteiger partial charge in [-0.15, -0.1) is 0 Å². The summed E-state index contributed by atoms with van der Waals surface area (Å²) in [6.07, 6.45) is 5.65. The van der Waals surface area contributed by atoms with Crippen LogP contribution in [0.5, 0.6) is 0 Å². The molecule has 0 aromatic heterocycles. The number of hydrogen-bond donors (Lipinski definition) is 1. The largest absolute Gasteiger partial charge is 0.391 e. The number of carbonyl (C=O) groups is 1. The molecule has 0 spiro atoms. The molecule has 3 aliphatic rings. The Balaban J connectivity index is 1.61. The van der Waals surface area contributed by atoms with Crippen molar-refractivity contribution < 1.29 is 9.90 Å². The average molecular weight is 209 g/mol. The van der Waals surface area contributed by atoms with Gasteiger partial charge in [-0.1, -0.05) is 12.8 Å². The summed E-state index contributed by atoms with van der Waals surface area (Å²) in [5, 5.41) is 9.42. The van der Waals surface area contributed by atoms with Gasteiger partial charge in [-0.2, -0.15) is 0 Å². The zero-order chi connectivity index (χ0) is 10.4. The van der Waals surface area contributed by atoms with Gasteiger partial charge in [0.25, 0.3) is 0 Å². The molecule has 2 aliphatic carbocycles. The molecule has 1 amide bonds. The first kappa shape index (κ1) is 9.64. The first-order valence-electron chi connectivity index (χ1n) is 6.24. The zero-order valence-corrected chi connectivity index (χ0v) is 9.06. The Labute approximate surface area is 90.5 Å². The Morgan fingerprint density at radius 3 is 2.33 bits per heavy atom. The first-order chi connectivity index (χ1) is 7.27. The maximum Gasteiger partial charge on any atom is 0.226 e. The van der Waals surface area contributed by atoms with Gasteiger partial charge in [0.05, 0.1) is 6.10 Å². The minimum absolute atomic E-state index is 0.269. The third-order valence-electron chi connectivity index (χ3n) is 4.42. The minimum Gasteiger partial charge on any atom is -0.391 e. The van der Waals surface area contributed by atoms with Crippen molar-refractivity contribution >= 4 is 5.91 Å². The maximum absolute atomic E-state index is 12.1. The molecule has 1 aliphatic heterocycles. The second-order valence-electron chi connectivity index (χ2n) is 5.36. The van der Waals surface area contributed by atoms with Gasteiger partial charge in [0.15, 0.2) is 0 Å². The van der Waals surface area contributed by atoms with Gasteiger partial charge in [-0.25, -0.2) is 0 Å². The minimum atomic E-state index is -0.269. The van der Waals surface area contributed by atoms with E-state index in [0.29, 0.717) is 30.2 Å². The van der Waals surface area contributed by atoms with E-state index in [-0.39, 0.29) is 6.10 Å². The summed E-state index contributed by atoms with van der Waals surface area (Å²) in [6, 6.07) is 0. The number of rotatable bonds is 1. The molecule has 3 nitrogen and oxygen atoms in total. The van der Waals surface area contributed by atoms with Crippen LogP contribution in [0.3, 0.4) is 0 Å². The van der Waals surface area contributed by atoms with Crippen LogP contribution in [-0.4, -0.2) is 35.1 Å². The SMILES string of the molecule is O=C(C1C2CCCCC21)N1CC[C@H](O)C1. The van der Waals surface area contributed by atoms with E-state index in [1.807, 2.05) is 4.90 Å². The van der Waals surface area contributed by atoms with Crippen LogP contribution in [0.15, 0.2) is 0 Å². The Morgan fingerprint density at radius 2 is 1.80 bits per heavy atom. The van der Waals surface area contributed by atoms with E-state index >= 15 is 0 Å². The first-order valence-corrected chi connectivity index (χ1v) is 6.24. The highest BCUT2D eigenvalue weighted by Crippen LogP contribution is 2.56. The number of aliphatic hydroxyl groups excluding tert-OH is 1. The summed E-state index contributed by atoms with van der Waals surface area (Å²) in [6.45, 7) is 1.35. The molecular weight excluding hydrogens is 190 g/mol. The lowest BCUT2D eigenvalue weighted by atomic mass is 10.0. The lowest BCUT2D eigenvalue weighted by Gasteiger charge is -2.15. The molecule has 3 heteroatoms. The van der Waals surface area contributed by atoms with Crippen molar-refractivity contribution in [1.29, 1.82) is 0 Å². The standard InChI is InChI=1S/C12H19NO2/c14-8-5-6-13(7-8)12(15)11-9-3-1-2-4-10(9)11/h8-11,14H,1-7H2/t8-,9?,10?,11?/m0/s1. The molecule has 3 fully saturated rings. The molecule has 1 heterocycles. The number of likely N-dealkylation sites (tertiary alicyclic amines) is 1. The van der Waals surface area contributed by atoms with Gasteiger partial charge in [0.1, 0.15) is 0 Å². The summed E-state index contributed by atoms with van der Waals surface area (Å²) in [7, 11) is 0. The summed E-state index contributed by atoms with van der Waals surface area (Å²) in [5.41, 5.74) is 0. The summed E-state index contributed by atoms with van der Waals surface area (Å²) in [5.74, 6) is 2.06. The van der Waals surface area contributed by atoms with Crippen molar-refractivity contribution in [3.63, 3.8) is 0 Å². The smallest absolute Gasteiger partial charge is 0.226 e. The highest BCUT2D eigenvalue weighted by atomic mass is 16.3. The molecule has 2 saturated carbocycles. The van der Waals surface area contributed by atoms with Gasteiger partial charge in [-0.3, -0.25) is 4.79 Å². The van der Waals surface area contributed by atoms with E-state index in [1.54, 1.807) is 0 Å². The molecule has 1 saturated heterocycles. The fraction of sp³-hybridized carbons (Fsp3) is 0.917. The quantitative estimate of drug-likeness (QED) is 0.700. The lowest BCUT2D eigenvalue weighted by Crippen LogP contribution is -2.31. The molecule has 0 bridgehead atoms. The number of carbonyl (C=O) groups excluding carboxylic acids is 1. The molecule has 0 aromatic carbocycles. The number of amides is 1. The van der Waals surface area contributed by atoms with Gasteiger partial charge < -0.3 is 10.0 Å². The number of β-amino-alcohol motifs (C(OH)–C–C–N with tert-alkyl or cyclic N) is 1. The third kappa shape index (κ3) is 1.57. The predicted molar refractivity (Wildman–Crippen MR) is 56.1 cm³/mol. The van der Waals surface area contributed by atoms with E-state index in [2.05, 4.69) is 0 Å². The molecular formula is C12H19NO2. The number of nitrogens with zero attached hydrogens (tertiary/aromatic N) is 1. The van der Waals surface area contributed by atoms with Crippen LogP contribution in [0.1, 0.15) is 32.1 Å². The van der Waals surface area contributed by atoms with Crippen molar-refractivity contribution in [2.24, 2.45) is 17.8 Å². The van der Waals surface area contributed by atoms with Crippen LogP contribution < -0.4 is 0 Å². The zero-order valence-electron chi connectivity index (χ0n) is 9.06. The molecule has 3 atom stereocenters. The van der Waals surface area contributed by atoms with Gasteiger partial charge in [0, 0.05) is 19.0 Å². The van der Waals surface area contributed by atoms with E-state index in [9.17, 15) is 9.90 Å². The van der Waals surface area contributed by atoms with E-state index in [4.69, 9.17) is 0 Å². The predicted octanol–water partition coefficient (Wildman–Crippen LogP) is 1.02. The van der Waals surface area contributed by atoms with Gasteiger partial charge in [0.2, 0.25) is 5.91 Å². The van der Waals surface area contributed by atoms with Crippen molar-refractivity contribution in [3.05, 3.63) is 0 Å². The van der Waals surface area contributed by atoms with Gasteiger partial charge in [-0.05, 0) is 31.1 Å². The van der Waals surface area contributed by atoms with E-state index < -0.39 is 0 Å². The molecule has 0 aromatic rings. The topological polar surface area (TPSA) is 40.5 Å². The molecule has 84 valence electrons. The van der Waals surface area contributed by atoms with Gasteiger partial charge >= 0.3 is 0 Å². The van der Waals surface area contributed by atoms with Crippen molar-refractivity contribution in [2.45, 2.75) is 38.2 Å². The molecule has 3 rings (SSSR count). The van der Waals surface area contributed by atoms with E-state index in [1.165, 1.54) is 25.7 Å².